The van der Waals surface area contributed by atoms with Crippen LogP contribution in [0, 0.1) is 10.1 Å². The molecular weight excluding hydrogens is 400 g/mol. The summed E-state index contributed by atoms with van der Waals surface area (Å²) in [4.78, 5) is 27.9. The van der Waals surface area contributed by atoms with Gasteiger partial charge in [-0.1, -0.05) is 29.4 Å². The lowest BCUT2D eigenvalue weighted by Crippen LogP contribution is -2.19. The summed E-state index contributed by atoms with van der Waals surface area (Å²) in [6, 6.07) is 19.9. The highest BCUT2D eigenvalue weighted by Gasteiger charge is 2.21. The van der Waals surface area contributed by atoms with Gasteiger partial charge in [-0.05, 0) is 36.4 Å². The number of rotatable bonds is 4. The summed E-state index contributed by atoms with van der Waals surface area (Å²) in [5, 5.41) is 15.8. The zero-order chi connectivity index (χ0) is 21.4. The largest absolute Gasteiger partial charge is 0.425 e. The molecule has 3 aromatic carbocycles. The molecule has 0 atom stereocenters. The first kappa shape index (κ1) is 18.5. The van der Waals surface area contributed by atoms with Gasteiger partial charge in [0, 0.05) is 17.5 Å². The van der Waals surface area contributed by atoms with Crippen molar-refractivity contribution in [2.24, 2.45) is 0 Å². The number of fused-ring (bicyclic) bond motifs is 2. The number of non-ortho nitro benzene ring substituents is 1. The minimum absolute atomic E-state index is 0.0912. The summed E-state index contributed by atoms with van der Waals surface area (Å²) in [6.07, 6.45) is -0.425. The molecule has 0 saturated heterocycles. The monoisotopic (exact) mass is 414 g/mol. The molecule has 0 aliphatic carbocycles. The Kier molecular flexibility index (Phi) is 4.40. The Morgan fingerprint density at radius 1 is 1.03 bits per heavy atom. The molecule has 0 aliphatic rings. The van der Waals surface area contributed by atoms with Crippen molar-refractivity contribution >= 4 is 33.8 Å². The van der Waals surface area contributed by atoms with Crippen LogP contribution < -0.4 is 4.74 Å². The average molecular weight is 414 g/mol. The maximum absolute atomic E-state index is 13.0. The van der Waals surface area contributed by atoms with Gasteiger partial charge in [-0.2, -0.15) is 0 Å². The van der Waals surface area contributed by atoms with Gasteiger partial charge in [0.25, 0.3) is 5.69 Å². The zero-order valence-electron chi connectivity index (χ0n) is 16.0. The van der Waals surface area contributed by atoms with Crippen molar-refractivity contribution in [3.63, 3.8) is 0 Å². The Morgan fingerprint density at radius 2 is 1.77 bits per heavy atom. The number of nitro benzene ring substituents is 1. The van der Waals surface area contributed by atoms with Gasteiger partial charge in [-0.25, -0.2) is 14.3 Å². The quantitative estimate of drug-likeness (QED) is 0.309. The van der Waals surface area contributed by atoms with E-state index in [1.54, 1.807) is 18.2 Å². The van der Waals surface area contributed by atoms with Crippen molar-refractivity contribution in [3.8, 4) is 5.75 Å². The van der Waals surface area contributed by atoms with Crippen LogP contribution in [0.25, 0.3) is 22.0 Å². The molecule has 0 amide bonds. The normalized spacial score (nSPS) is 11.1. The third-order valence-electron chi connectivity index (χ3n) is 4.84. The van der Waals surface area contributed by atoms with Crippen LogP contribution in [0.2, 0.25) is 0 Å². The van der Waals surface area contributed by atoms with Gasteiger partial charge in [-0.3, -0.25) is 10.1 Å². The molecule has 0 radical (unpaired) electrons. The molecular formula is C22H14N4O5. The molecule has 31 heavy (non-hydrogen) atoms. The Labute approximate surface area is 174 Å². The summed E-state index contributed by atoms with van der Waals surface area (Å²) < 4.78 is 12.2. The SMILES string of the molecule is O=C(Oc1ccc([N+](=O)[O-])cc1)n1c(Cc2noc3ccccc23)nc2ccccc21. The number of hydrogen-bond donors (Lipinski definition) is 0. The van der Waals surface area contributed by atoms with E-state index in [1.165, 1.54) is 28.8 Å². The molecule has 2 aromatic heterocycles. The van der Waals surface area contributed by atoms with Crippen molar-refractivity contribution in [1.29, 1.82) is 0 Å². The molecule has 9 nitrogen and oxygen atoms in total. The first-order valence-corrected chi connectivity index (χ1v) is 9.36. The van der Waals surface area contributed by atoms with E-state index >= 15 is 0 Å². The molecule has 5 aromatic rings. The number of carbonyl (C=O) groups is 1. The molecule has 9 heteroatoms. The van der Waals surface area contributed by atoms with Crippen LogP contribution in [0.1, 0.15) is 11.5 Å². The van der Waals surface area contributed by atoms with E-state index < -0.39 is 11.0 Å². The molecule has 152 valence electrons. The number of benzene rings is 3. The van der Waals surface area contributed by atoms with Crippen LogP contribution in [0.3, 0.4) is 0 Å². The maximum Gasteiger partial charge on any atom is 0.425 e. The van der Waals surface area contributed by atoms with E-state index in [9.17, 15) is 14.9 Å². The second-order valence-electron chi connectivity index (χ2n) is 6.77. The molecule has 0 saturated carbocycles. The van der Waals surface area contributed by atoms with Gasteiger partial charge in [-0.15, -0.1) is 0 Å². The van der Waals surface area contributed by atoms with E-state index in [1.807, 2.05) is 30.3 Å². The molecule has 0 fully saturated rings. The van der Waals surface area contributed by atoms with Gasteiger partial charge in [0.1, 0.15) is 11.6 Å². The summed E-state index contributed by atoms with van der Waals surface area (Å²) in [7, 11) is 0. The fourth-order valence-corrected chi connectivity index (χ4v) is 3.40. The van der Waals surface area contributed by atoms with E-state index in [4.69, 9.17) is 9.26 Å². The fraction of sp³-hybridized carbons (Fsp3) is 0.0455. The number of carbonyl (C=O) groups excluding carboxylic acids is 1. The Hall–Kier alpha value is -4.53. The summed E-state index contributed by atoms with van der Waals surface area (Å²) in [6.45, 7) is 0. The minimum atomic E-state index is -0.676. The van der Waals surface area contributed by atoms with E-state index in [0.717, 1.165) is 5.39 Å². The van der Waals surface area contributed by atoms with Crippen molar-refractivity contribution in [2.45, 2.75) is 6.42 Å². The average Bonchev–Trinajstić information content (AvgIpc) is 3.35. The highest BCUT2D eigenvalue weighted by molar-refractivity contribution is 5.89. The van der Waals surface area contributed by atoms with E-state index in [2.05, 4.69) is 10.1 Å². The smallest absolute Gasteiger partial charge is 0.410 e. The zero-order valence-corrected chi connectivity index (χ0v) is 16.0. The minimum Gasteiger partial charge on any atom is -0.410 e. The predicted octanol–water partition coefficient (Wildman–Crippen LogP) is 4.72. The molecule has 0 N–H and O–H groups in total. The van der Waals surface area contributed by atoms with Crippen LogP contribution in [0.15, 0.2) is 77.3 Å². The van der Waals surface area contributed by atoms with Gasteiger partial charge in [0.15, 0.2) is 5.58 Å². The standard InChI is InChI=1S/C22H14N4O5/c27-22(30-15-11-9-14(10-12-15)26(28)29)25-19-7-3-2-6-17(19)23-21(25)13-18-16-5-1-4-8-20(16)31-24-18/h1-12H,13H2. The summed E-state index contributed by atoms with van der Waals surface area (Å²) >= 11 is 0. The lowest BCUT2D eigenvalue weighted by molar-refractivity contribution is -0.384. The van der Waals surface area contributed by atoms with E-state index in [-0.39, 0.29) is 17.9 Å². The van der Waals surface area contributed by atoms with Crippen LogP contribution >= 0.6 is 0 Å². The number of nitrogens with zero attached hydrogens (tertiary/aromatic N) is 4. The molecule has 0 aliphatic heterocycles. The third-order valence-corrected chi connectivity index (χ3v) is 4.84. The summed E-state index contributed by atoms with van der Waals surface area (Å²) in [5.41, 5.74) is 2.42. The molecule has 0 unspecified atom stereocenters. The van der Waals surface area contributed by atoms with Gasteiger partial charge in [0.2, 0.25) is 0 Å². The van der Waals surface area contributed by atoms with Gasteiger partial charge >= 0.3 is 6.09 Å². The number of imidazole rings is 1. The Bertz CT molecular complexity index is 1440. The van der Waals surface area contributed by atoms with Gasteiger partial charge in [0.05, 0.1) is 28.1 Å². The predicted molar refractivity (Wildman–Crippen MR) is 111 cm³/mol. The van der Waals surface area contributed by atoms with Crippen LogP contribution in [0.5, 0.6) is 5.75 Å². The third kappa shape index (κ3) is 3.38. The topological polar surface area (TPSA) is 113 Å². The lowest BCUT2D eigenvalue weighted by Gasteiger charge is -2.08. The van der Waals surface area contributed by atoms with Crippen LogP contribution in [-0.4, -0.2) is 25.7 Å². The van der Waals surface area contributed by atoms with Crippen LogP contribution in [0.4, 0.5) is 10.5 Å². The second kappa shape index (κ2) is 7.38. The second-order valence-corrected chi connectivity index (χ2v) is 6.77. The Balaban J connectivity index is 1.52. The highest BCUT2D eigenvalue weighted by Crippen LogP contribution is 2.24. The number of hydrogen-bond acceptors (Lipinski definition) is 7. The van der Waals surface area contributed by atoms with Crippen LogP contribution in [-0.2, 0) is 6.42 Å². The molecule has 0 spiro atoms. The fourth-order valence-electron chi connectivity index (χ4n) is 3.40. The van der Waals surface area contributed by atoms with Crippen molar-refractivity contribution < 1.29 is 19.0 Å². The number of ether oxygens (including phenoxy) is 1. The van der Waals surface area contributed by atoms with E-state index in [0.29, 0.717) is 28.1 Å². The maximum atomic E-state index is 13.0. The number of para-hydroxylation sites is 3. The first-order chi connectivity index (χ1) is 15.1. The molecule has 2 heterocycles. The molecule has 5 rings (SSSR count). The lowest BCUT2D eigenvalue weighted by atomic mass is 10.1. The molecule has 0 bridgehead atoms. The Morgan fingerprint density at radius 3 is 2.58 bits per heavy atom. The highest BCUT2D eigenvalue weighted by atomic mass is 16.6. The number of nitro groups is 1. The first-order valence-electron chi connectivity index (χ1n) is 9.36. The van der Waals surface area contributed by atoms with Gasteiger partial charge < -0.3 is 9.26 Å². The number of aromatic nitrogens is 3. The summed E-state index contributed by atoms with van der Waals surface area (Å²) in [5.74, 6) is 0.624. The van der Waals surface area contributed by atoms with Crippen molar-refractivity contribution in [3.05, 3.63) is 94.4 Å². The van der Waals surface area contributed by atoms with Crippen molar-refractivity contribution in [1.82, 2.24) is 14.7 Å². The van der Waals surface area contributed by atoms with Crippen molar-refractivity contribution in [2.75, 3.05) is 0 Å².